The number of para-hydroxylation sites is 2. The molecule has 0 saturated carbocycles. The van der Waals surface area contributed by atoms with Gasteiger partial charge in [0, 0.05) is 11.8 Å². The summed E-state index contributed by atoms with van der Waals surface area (Å²) in [5, 5.41) is 5.94. The fraction of sp³-hybridized carbons (Fsp3) is 0.250. The molecule has 2 rings (SSSR count). The number of ether oxygens (including phenoxy) is 2. The second-order valence-electron chi connectivity index (χ2n) is 5.69. The predicted octanol–water partition coefficient (Wildman–Crippen LogP) is 4.09. The Kier molecular flexibility index (Phi) is 6.89. The van der Waals surface area contributed by atoms with Crippen molar-refractivity contribution in [3.05, 3.63) is 61.2 Å². The van der Waals surface area contributed by atoms with E-state index >= 15 is 0 Å². The Hall–Kier alpha value is -2.95. The van der Waals surface area contributed by atoms with Crippen LogP contribution < -0.4 is 20.1 Å². The third-order valence-corrected chi connectivity index (χ3v) is 3.17. The van der Waals surface area contributed by atoms with E-state index in [0.717, 1.165) is 11.4 Å². The maximum absolute atomic E-state index is 12.2. The molecule has 5 heteroatoms. The second-order valence-corrected chi connectivity index (χ2v) is 5.69. The normalized spacial score (nSPS) is 10.2. The Morgan fingerprint density at radius 3 is 2.76 bits per heavy atom. The maximum atomic E-state index is 12.2. The minimum atomic E-state index is -0.153. The average molecular weight is 340 g/mol. The van der Waals surface area contributed by atoms with E-state index in [-0.39, 0.29) is 18.6 Å². The number of amides is 1. The van der Waals surface area contributed by atoms with Crippen LogP contribution in [0, 0.1) is 0 Å². The lowest BCUT2D eigenvalue weighted by atomic mass is 10.2. The first kappa shape index (κ1) is 18.4. The van der Waals surface area contributed by atoms with Gasteiger partial charge in [0.05, 0.1) is 18.3 Å². The first-order chi connectivity index (χ1) is 12.1. The van der Waals surface area contributed by atoms with Gasteiger partial charge in [0.25, 0.3) is 0 Å². The number of nitrogens with one attached hydrogen (secondary N) is 2. The van der Waals surface area contributed by atoms with Crippen molar-refractivity contribution in [1.82, 2.24) is 0 Å². The zero-order valence-electron chi connectivity index (χ0n) is 14.6. The lowest BCUT2D eigenvalue weighted by molar-refractivity contribution is -0.114. The molecule has 132 valence electrons. The van der Waals surface area contributed by atoms with Crippen LogP contribution in [0.15, 0.2) is 61.2 Å². The third-order valence-electron chi connectivity index (χ3n) is 3.17. The number of anilines is 2. The molecule has 0 fully saturated rings. The molecule has 1 amide bonds. The molecule has 0 heterocycles. The van der Waals surface area contributed by atoms with Crippen molar-refractivity contribution in [2.45, 2.75) is 20.0 Å². The Labute approximate surface area is 148 Å². The summed E-state index contributed by atoms with van der Waals surface area (Å²) in [5.74, 6) is 1.26. The molecular formula is C20H24N2O3. The lowest BCUT2D eigenvalue weighted by Gasteiger charge is -2.13. The van der Waals surface area contributed by atoms with Crippen molar-refractivity contribution in [3.63, 3.8) is 0 Å². The molecule has 0 aromatic heterocycles. The first-order valence-electron chi connectivity index (χ1n) is 8.21. The van der Waals surface area contributed by atoms with Crippen LogP contribution in [-0.4, -0.2) is 25.2 Å². The van der Waals surface area contributed by atoms with Crippen molar-refractivity contribution in [3.8, 4) is 11.5 Å². The van der Waals surface area contributed by atoms with Crippen molar-refractivity contribution in [2.24, 2.45) is 0 Å². The lowest BCUT2D eigenvalue weighted by Crippen LogP contribution is -2.22. The Morgan fingerprint density at radius 1 is 1.20 bits per heavy atom. The molecule has 0 saturated heterocycles. The Morgan fingerprint density at radius 2 is 2.00 bits per heavy atom. The third kappa shape index (κ3) is 6.22. The number of carbonyl (C=O) groups excluding carboxylic acids is 1. The van der Waals surface area contributed by atoms with Crippen LogP contribution in [0.4, 0.5) is 11.4 Å². The highest BCUT2D eigenvalue weighted by molar-refractivity contribution is 5.94. The Balaban J connectivity index is 1.92. The summed E-state index contributed by atoms with van der Waals surface area (Å²) in [6.45, 7) is 8.09. The van der Waals surface area contributed by atoms with Gasteiger partial charge in [-0.15, -0.1) is 0 Å². The van der Waals surface area contributed by atoms with Crippen LogP contribution in [0.3, 0.4) is 0 Å². The van der Waals surface area contributed by atoms with Gasteiger partial charge in [-0.2, -0.15) is 0 Å². The zero-order valence-corrected chi connectivity index (χ0v) is 14.6. The quantitative estimate of drug-likeness (QED) is 0.675. The van der Waals surface area contributed by atoms with E-state index in [1.807, 2.05) is 56.3 Å². The van der Waals surface area contributed by atoms with Crippen LogP contribution in [0.25, 0.3) is 0 Å². The number of hydrogen-bond acceptors (Lipinski definition) is 4. The minimum Gasteiger partial charge on any atom is -0.491 e. The summed E-state index contributed by atoms with van der Waals surface area (Å²) in [6, 6.07) is 14.8. The summed E-state index contributed by atoms with van der Waals surface area (Å²) in [6.07, 6.45) is 1.76. The molecule has 2 aromatic rings. The summed E-state index contributed by atoms with van der Waals surface area (Å²) >= 11 is 0. The monoisotopic (exact) mass is 340 g/mol. The largest absolute Gasteiger partial charge is 0.491 e. The van der Waals surface area contributed by atoms with E-state index in [0.29, 0.717) is 18.0 Å². The highest BCUT2D eigenvalue weighted by Crippen LogP contribution is 2.23. The topological polar surface area (TPSA) is 59.6 Å². The molecule has 5 nitrogen and oxygen atoms in total. The minimum absolute atomic E-state index is 0.0830. The van der Waals surface area contributed by atoms with Crippen molar-refractivity contribution >= 4 is 17.3 Å². The summed E-state index contributed by atoms with van der Waals surface area (Å²) in [4.78, 5) is 12.2. The molecule has 0 unspecified atom stereocenters. The first-order valence-corrected chi connectivity index (χ1v) is 8.21. The number of carbonyl (C=O) groups is 1. The smallest absolute Gasteiger partial charge is 0.243 e. The van der Waals surface area contributed by atoms with Crippen LogP contribution in [0.2, 0.25) is 0 Å². The van der Waals surface area contributed by atoms with E-state index in [1.165, 1.54) is 0 Å². The molecule has 0 atom stereocenters. The van der Waals surface area contributed by atoms with Gasteiger partial charge in [0.2, 0.25) is 5.91 Å². The number of benzene rings is 2. The van der Waals surface area contributed by atoms with Crippen molar-refractivity contribution in [1.29, 1.82) is 0 Å². The Bertz CT molecular complexity index is 714. The van der Waals surface area contributed by atoms with Gasteiger partial charge in [0.15, 0.2) is 0 Å². The molecule has 0 aliphatic carbocycles. The van der Waals surface area contributed by atoms with E-state index in [9.17, 15) is 4.79 Å². The maximum Gasteiger partial charge on any atom is 0.243 e. The molecule has 0 radical (unpaired) electrons. The summed E-state index contributed by atoms with van der Waals surface area (Å²) in [5.41, 5.74) is 1.46. The molecule has 0 aliphatic heterocycles. The molecule has 25 heavy (non-hydrogen) atoms. The van der Waals surface area contributed by atoms with Gasteiger partial charge in [-0.25, -0.2) is 0 Å². The average Bonchev–Trinajstić information content (AvgIpc) is 2.58. The van der Waals surface area contributed by atoms with E-state index < -0.39 is 0 Å². The molecule has 0 bridgehead atoms. The molecule has 0 spiro atoms. The molecule has 0 aliphatic rings. The van der Waals surface area contributed by atoms with Gasteiger partial charge >= 0.3 is 0 Å². The van der Waals surface area contributed by atoms with Gasteiger partial charge in [-0.05, 0) is 38.1 Å². The van der Waals surface area contributed by atoms with Crippen LogP contribution in [0.5, 0.6) is 11.5 Å². The number of rotatable bonds is 9. The molecule has 2 N–H and O–H groups in total. The van der Waals surface area contributed by atoms with Gasteiger partial charge < -0.3 is 20.1 Å². The molecule has 2 aromatic carbocycles. The second kappa shape index (κ2) is 9.37. The van der Waals surface area contributed by atoms with Gasteiger partial charge in [0.1, 0.15) is 18.1 Å². The van der Waals surface area contributed by atoms with Crippen LogP contribution in [-0.2, 0) is 4.79 Å². The van der Waals surface area contributed by atoms with Gasteiger partial charge in [-0.3, -0.25) is 4.79 Å². The fourth-order valence-corrected chi connectivity index (χ4v) is 2.19. The highest BCUT2D eigenvalue weighted by atomic mass is 16.5. The van der Waals surface area contributed by atoms with Crippen molar-refractivity contribution in [2.75, 3.05) is 23.8 Å². The van der Waals surface area contributed by atoms with E-state index in [2.05, 4.69) is 17.2 Å². The van der Waals surface area contributed by atoms with Gasteiger partial charge in [-0.1, -0.05) is 30.9 Å². The molecular weight excluding hydrogens is 316 g/mol. The van der Waals surface area contributed by atoms with Crippen LogP contribution >= 0.6 is 0 Å². The SMILES string of the molecule is C=CCOc1ccccc1NCC(=O)Nc1cccc(OC(C)C)c1. The van der Waals surface area contributed by atoms with E-state index in [4.69, 9.17) is 9.47 Å². The van der Waals surface area contributed by atoms with Crippen molar-refractivity contribution < 1.29 is 14.3 Å². The summed E-state index contributed by atoms with van der Waals surface area (Å²) < 4.78 is 11.2. The number of hydrogen-bond donors (Lipinski definition) is 2. The zero-order chi connectivity index (χ0) is 18.1. The van der Waals surface area contributed by atoms with E-state index in [1.54, 1.807) is 12.1 Å². The standard InChI is InChI=1S/C20H24N2O3/c1-4-12-24-19-11-6-5-10-18(19)21-14-20(23)22-16-8-7-9-17(13-16)25-15(2)3/h4-11,13,15,21H,1,12,14H2,2-3H3,(H,22,23). The predicted molar refractivity (Wildman–Crippen MR) is 101 cm³/mol. The fourth-order valence-electron chi connectivity index (χ4n) is 2.19. The summed E-state index contributed by atoms with van der Waals surface area (Å²) in [7, 11) is 0. The van der Waals surface area contributed by atoms with Crippen LogP contribution in [0.1, 0.15) is 13.8 Å². The highest BCUT2D eigenvalue weighted by Gasteiger charge is 2.07.